The zero-order chi connectivity index (χ0) is 22.5. The fourth-order valence-corrected chi connectivity index (χ4v) is 4.38. The first-order chi connectivity index (χ1) is 15.5. The third kappa shape index (κ3) is 4.94. The molecule has 0 spiro atoms. The van der Waals surface area contributed by atoms with Crippen LogP contribution in [0.5, 0.6) is 0 Å². The Kier molecular flexibility index (Phi) is 6.75. The Morgan fingerprint density at radius 1 is 0.969 bits per heavy atom. The fourth-order valence-electron chi connectivity index (χ4n) is 4.38. The van der Waals surface area contributed by atoms with Crippen LogP contribution in [0.2, 0.25) is 0 Å². The molecule has 5 heteroatoms. The van der Waals surface area contributed by atoms with Gasteiger partial charge in [-0.2, -0.15) is 0 Å². The van der Waals surface area contributed by atoms with Gasteiger partial charge in [-0.3, -0.25) is 4.79 Å². The standard InChI is InChI=1S/C27H26BNO3/c1-2-6-20-7-3-8-22(17-20)21-13-15-29(16-14-21)27(30)25-11-4-9-23(18-25)24-10-5-12-26(19-24)28(31)32/h1,3-5,7-12,17-19,21,31-32H,6,13-16H2. The largest absolute Gasteiger partial charge is 0.488 e. The van der Waals surface area contributed by atoms with Gasteiger partial charge >= 0.3 is 7.12 Å². The number of nitrogens with zero attached hydrogens (tertiary/aromatic N) is 1. The molecule has 1 amide bonds. The summed E-state index contributed by atoms with van der Waals surface area (Å²) in [6.07, 6.45) is 7.95. The van der Waals surface area contributed by atoms with Crippen molar-refractivity contribution in [1.82, 2.24) is 4.90 Å². The van der Waals surface area contributed by atoms with E-state index in [-0.39, 0.29) is 5.91 Å². The van der Waals surface area contributed by atoms with E-state index in [9.17, 15) is 14.8 Å². The maximum atomic E-state index is 13.2. The molecule has 0 saturated carbocycles. The number of carbonyl (C=O) groups is 1. The summed E-state index contributed by atoms with van der Waals surface area (Å²) in [6.45, 7) is 1.44. The van der Waals surface area contributed by atoms with Crippen molar-refractivity contribution in [2.75, 3.05) is 13.1 Å². The Bertz CT molecular complexity index is 1140. The maximum Gasteiger partial charge on any atom is 0.488 e. The smallest absolute Gasteiger partial charge is 0.423 e. The van der Waals surface area contributed by atoms with Crippen molar-refractivity contribution in [3.63, 3.8) is 0 Å². The lowest BCUT2D eigenvalue weighted by atomic mass is 9.79. The van der Waals surface area contributed by atoms with Gasteiger partial charge in [-0.15, -0.1) is 12.3 Å². The van der Waals surface area contributed by atoms with Crippen LogP contribution in [0, 0.1) is 12.3 Å². The summed E-state index contributed by atoms with van der Waals surface area (Å²) >= 11 is 0. The number of carbonyl (C=O) groups excluding carboxylic acids is 1. The summed E-state index contributed by atoms with van der Waals surface area (Å²) < 4.78 is 0. The van der Waals surface area contributed by atoms with E-state index in [0.29, 0.717) is 23.4 Å². The highest BCUT2D eigenvalue weighted by Gasteiger charge is 2.25. The number of rotatable bonds is 5. The summed E-state index contributed by atoms with van der Waals surface area (Å²) in [6, 6.07) is 23.1. The first-order valence-corrected chi connectivity index (χ1v) is 10.9. The van der Waals surface area contributed by atoms with E-state index in [0.717, 1.165) is 42.6 Å². The van der Waals surface area contributed by atoms with Crippen LogP contribution in [0.1, 0.15) is 40.2 Å². The molecular weight excluding hydrogens is 397 g/mol. The van der Waals surface area contributed by atoms with Gasteiger partial charge in [0.05, 0.1) is 0 Å². The number of likely N-dealkylation sites (tertiary alicyclic amines) is 1. The third-order valence-corrected chi connectivity index (χ3v) is 6.14. The van der Waals surface area contributed by atoms with E-state index in [1.54, 1.807) is 18.2 Å². The summed E-state index contributed by atoms with van der Waals surface area (Å²) in [7, 11) is -1.52. The van der Waals surface area contributed by atoms with Gasteiger partial charge in [0, 0.05) is 25.1 Å². The predicted molar refractivity (Wildman–Crippen MR) is 129 cm³/mol. The van der Waals surface area contributed by atoms with Crippen molar-refractivity contribution >= 4 is 18.5 Å². The normalized spacial score (nSPS) is 14.1. The molecule has 0 radical (unpaired) electrons. The summed E-state index contributed by atoms with van der Waals surface area (Å²) in [5.74, 6) is 3.17. The minimum atomic E-state index is -1.52. The lowest BCUT2D eigenvalue weighted by Crippen LogP contribution is -2.37. The highest BCUT2D eigenvalue weighted by Crippen LogP contribution is 2.30. The summed E-state index contributed by atoms with van der Waals surface area (Å²) in [5.41, 5.74) is 5.25. The molecule has 0 bridgehead atoms. The molecule has 4 rings (SSSR count). The lowest BCUT2D eigenvalue weighted by Gasteiger charge is -2.32. The molecule has 1 saturated heterocycles. The Labute approximate surface area is 189 Å². The van der Waals surface area contributed by atoms with Gasteiger partial charge in [0.15, 0.2) is 0 Å². The Morgan fingerprint density at radius 2 is 1.66 bits per heavy atom. The minimum Gasteiger partial charge on any atom is -0.423 e. The quantitative estimate of drug-likeness (QED) is 0.490. The molecule has 0 aromatic heterocycles. The average Bonchev–Trinajstić information content (AvgIpc) is 2.84. The van der Waals surface area contributed by atoms with Crippen molar-refractivity contribution in [1.29, 1.82) is 0 Å². The molecule has 4 nitrogen and oxygen atoms in total. The van der Waals surface area contributed by atoms with Crippen LogP contribution < -0.4 is 5.46 Å². The van der Waals surface area contributed by atoms with Crippen LogP contribution in [-0.4, -0.2) is 41.1 Å². The van der Waals surface area contributed by atoms with Gasteiger partial charge in [-0.1, -0.05) is 60.7 Å². The van der Waals surface area contributed by atoms with E-state index in [1.165, 1.54) is 5.56 Å². The third-order valence-electron chi connectivity index (χ3n) is 6.14. The number of amides is 1. The molecule has 0 atom stereocenters. The van der Waals surface area contributed by atoms with Gasteiger partial charge < -0.3 is 14.9 Å². The monoisotopic (exact) mass is 423 g/mol. The molecule has 1 fully saturated rings. The first-order valence-electron chi connectivity index (χ1n) is 10.9. The van der Waals surface area contributed by atoms with Gasteiger partial charge in [0.2, 0.25) is 0 Å². The van der Waals surface area contributed by atoms with Crippen molar-refractivity contribution < 1.29 is 14.8 Å². The van der Waals surface area contributed by atoms with Crippen LogP contribution in [-0.2, 0) is 6.42 Å². The SMILES string of the molecule is C#CCc1cccc(C2CCN(C(=O)c3cccc(-c4cccc(B(O)O)c4)c3)CC2)c1. The molecule has 3 aromatic carbocycles. The lowest BCUT2D eigenvalue weighted by molar-refractivity contribution is 0.0713. The Hall–Kier alpha value is -3.33. The average molecular weight is 423 g/mol. The van der Waals surface area contributed by atoms with Crippen LogP contribution in [0.4, 0.5) is 0 Å². The van der Waals surface area contributed by atoms with Crippen molar-refractivity contribution in [2.24, 2.45) is 0 Å². The maximum absolute atomic E-state index is 13.2. The molecule has 0 aliphatic carbocycles. The van der Waals surface area contributed by atoms with Gasteiger partial charge in [-0.05, 0) is 58.6 Å². The molecule has 160 valence electrons. The minimum absolute atomic E-state index is 0.0322. The highest BCUT2D eigenvalue weighted by atomic mass is 16.4. The topological polar surface area (TPSA) is 60.8 Å². The molecule has 0 unspecified atom stereocenters. The summed E-state index contributed by atoms with van der Waals surface area (Å²) in [4.78, 5) is 15.1. The van der Waals surface area contributed by atoms with Crippen LogP contribution in [0.15, 0.2) is 72.8 Å². The Balaban J connectivity index is 1.45. The highest BCUT2D eigenvalue weighted by molar-refractivity contribution is 6.58. The molecule has 1 heterocycles. The van der Waals surface area contributed by atoms with Crippen molar-refractivity contribution in [3.8, 4) is 23.5 Å². The molecular formula is C27H26BNO3. The molecule has 3 aromatic rings. The molecule has 1 aliphatic heterocycles. The van der Waals surface area contributed by atoms with Crippen molar-refractivity contribution in [2.45, 2.75) is 25.2 Å². The zero-order valence-corrected chi connectivity index (χ0v) is 17.9. The van der Waals surface area contributed by atoms with E-state index >= 15 is 0 Å². The molecule has 32 heavy (non-hydrogen) atoms. The van der Waals surface area contributed by atoms with E-state index < -0.39 is 7.12 Å². The second kappa shape index (κ2) is 9.87. The van der Waals surface area contributed by atoms with Gasteiger partial charge in [-0.25, -0.2) is 0 Å². The zero-order valence-electron chi connectivity index (χ0n) is 17.9. The number of benzene rings is 3. The van der Waals surface area contributed by atoms with E-state index in [2.05, 4.69) is 30.2 Å². The van der Waals surface area contributed by atoms with Crippen LogP contribution >= 0.6 is 0 Å². The molecule has 1 aliphatic rings. The van der Waals surface area contributed by atoms with Crippen LogP contribution in [0.25, 0.3) is 11.1 Å². The number of terminal acetylenes is 1. The fraction of sp³-hybridized carbons (Fsp3) is 0.222. The Morgan fingerprint density at radius 3 is 2.38 bits per heavy atom. The van der Waals surface area contributed by atoms with E-state index in [4.69, 9.17) is 6.42 Å². The second-order valence-corrected chi connectivity index (χ2v) is 8.27. The summed E-state index contributed by atoms with van der Waals surface area (Å²) in [5, 5.41) is 18.9. The van der Waals surface area contributed by atoms with Gasteiger partial charge in [0.1, 0.15) is 0 Å². The van der Waals surface area contributed by atoms with E-state index in [1.807, 2.05) is 35.2 Å². The second-order valence-electron chi connectivity index (χ2n) is 8.27. The number of hydrogen-bond donors (Lipinski definition) is 2. The number of piperidine rings is 1. The predicted octanol–water partition coefficient (Wildman–Crippen LogP) is 3.23. The van der Waals surface area contributed by atoms with Crippen LogP contribution in [0.3, 0.4) is 0 Å². The molecule has 2 N–H and O–H groups in total. The number of hydrogen-bond acceptors (Lipinski definition) is 3. The first kappa shape index (κ1) is 21.9. The van der Waals surface area contributed by atoms with Gasteiger partial charge in [0.25, 0.3) is 5.91 Å². The van der Waals surface area contributed by atoms with Crippen molar-refractivity contribution in [3.05, 3.63) is 89.5 Å².